The van der Waals surface area contributed by atoms with Crippen molar-refractivity contribution in [2.75, 3.05) is 5.32 Å². The van der Waals surface area contributed by atoms with Crippen LogP contribution in [-0.4, -0.2) is 20.9 Å². The average molecular weight is 301 g/mol. The molecule has 0 aliphatic rings. The largest absolute Gasteiger partial charge is 0.342 e. The van der Waals surface area contributed by atoms with Crippen LogP contribution in [0.5, 0.6) is 0 Å². The van der Waals surface area contributed by atoms with E-state index in [1.807, 2.05) is 25.1 Å². The number of anilines is 1. The van der Waals surface area contributed by atoms with Crippen LogP contribution in [0.4, 0.5) is 5.69 Å². The predicted molar refractivity (Wildman–Crippen MR) is 82.8 cm³/mol. The van der Waals surface area contributed by atoms with Gasteiger partial charge in [0.1, 0.15) is 11.0 Å². The van der Waals surface area contributed by atoms with Gasteiger partial charge in [0.05, 0.1) is 11.0 Å². The molecule has 5 nitrogen and oxygen atoms in total. The van der Waals surface area contributed by atoms with E-state index in [0.29, 0.717) is 22.1 Å². The highest BCUT2D eigenvalue weighted by Crippen LogP contribution is 2.18. The predicted octanol–water partition coefficient (Wildman–Crippen LogP) is 3.48. The molecule has 0 aliphatic heterocycles. The number of carbonyl (C=O) groups is 1. The maximum atomic E-state index is 12.2. The van der Waals surface area contributed by atoms with Gasteiger partial charge in [0.15, 0.2) is 0 Å². The molecule has 2 N–H and O–H groups in total. The zero-order valence-corrected chi connectivity index (χ0v) is 12.3. The van der Waals surface area contributed by atoms with E-state index < -0.39 is 0 Å². The molecular formula is C15H13ClN4O. The Balaban J connectivity index is 1.88. The SMILES string of the molecule is Cc1cc(C(=O)Nc2ccc3nc(C)[nH]c3c2)cc(Cl)n1. The van der Waals surface area contributed by atoms with Crippen molar-refractivity contribution < 1.29 is 4.79 Å². The molecule has 3 aromatic rings. The van der Waals surface area contributed by atoms with Crippen molar-refractivity contribution in [3.05, 3.63) is 52.6 Å². The molecule has 0 spiro atoms. The first-order chi connectivity index (χ1) is 10.0. The van der Waals surface area contributed by atoms with Crippen LogP contribution in [-0.2, 0) is 0 Å². The lowest BCUT2D eigenvalue weighted by molar-refractivity contribution is 0.102. The Morgan fingerprint density at radius 1 is 1.19 bits per heavy atom. The summed E-state index contributed by atoms with van der Waals surface area (Å²) in [5, 5.41) is 3.15. The van der Waals surface area contributed by atoms with Gasteiger partial charge in [0, 0.05) is 16.9 Å². The molecule has 1 amide bonds. The number of aromatic amines is 1. The van der Waals surface area contributed by atoms with Crippen molar-refractivity contribution in [2.24, 2.45) is 0 Å². The van der Waals surface area contributed by atoms with Crippen molar-refractivity contribution in [3.63, 3.8) is 0 Å². The average Bonchev–Trinajstić information content (AvgIpc) is 2.77. The molecule has 0 unspecified atom stereocenters. The van der Waals surface area contributed by atoms with Gasteiger partial charge in [-0.2, -0.15) is 0 Å². The van der Waals surface area contributed by atoms with E-state index in [-0.39, 0.29) is 5.91 Å². The number of imidazole rings is 1. The molecule has 0 saturated carbocycles. The Morgan fingerprint density at radius 2 is 2.00 bits per heavy atom. The van der Waals surface area contributed by atoms with Gasteiger partial charge in [-0.3, -0.25) is 4.79 Å². The monoisotopic (exact) mass is 300 g/mol. The molecule has 0 fully saturated rings. The van der Waals surface area contributed by atoms with E-state index in [1.54, 1.807) is 19.1 Å². The summed E-state index contributed by atoms with van der Waals surface area (Å²) in [6, 6.07) is 8.77. The van der Waals surface area contributed by atoms with Crippen molar-refractivity contribution >= 4 is 34.2 Å². The Hall–Kier alpha value is -2.40. The minimum atomic E-state index is -0.224. The maximum absolute atomic E-state index is 12.2. The summed E-state index contributed by atoms with van der Waals surface area (Å²) in [7, 11) is 0. The fraction of sp³-hybridized carbons (Fsp3) is 0.133. The fourth-order valence-electron chi connectivity index (χ4n) is 2.18. The third-order valence-electron chi connectivity index (χ3n) is 3.04. The number of aryl methyl sites for hydroxylation is 2. The van der Waals surface area contributed by atoms with Crippen LogP contribution in [0, 0.1) is 13.8 Å². The zero-order valence-electron chi connectivity index (χ0n) is 11.6. The van der Waals surface area contributed by atoms with Gasteiger partial charge >= 0.3 is 0 Å². The van der Waals surface area contributed by atoms with Crippen molar-refractivity contribution in [1.82, 2.24) is 15.0 Å². The highest BCUT2D eigenvalue weighted by molar-refractivity contribution is 6.29. The van der Waals surface area contributed by atoms with Crippen LogP contribution >= 0.6 is 11.6 Å². The zero-order chi connectivity index (χ0) is 15.0. The van der Waals surface area contributed by atoms with Crippen LogP contribution in [0.1, 0.15) is 21.9 Å². The lowest BCUT2D eigenvalue weighted by Gasteiger charge is -2.06. The smallest absolute Gasteiger partial charge is 0.255 e. The number of hydrogen-bond acceptors (Lipinski definition) is 3. The van der Waals surface area contributed by atoms with Crippen molar-refractivity contribution in [3.8, 4) is 0 Å². The Morgan fingerprint density at radius 3 is 2.76 bits per heavy atom. The standard InChI is InChI=1S/C15H13ClN4O/c1-8-5-10(6-14(16)17-8)15(21)20-11-3-4-12-13(7-11)19-9(2)18-12/h3-7H,1-2H3,(H,18,19)(H,20,21). The van der Waals surface area contributed by atoms with E-state index in [9.17, 15) is 4.79 Å². The number of nitrogens with one attached hydrogen (secondary N) is 2. The van der Waals surface area contributed by atoms with E-state index in [1.165, 1.54) is 0 Å². The number of pyridine rings is 1. The first-order valence-electron chi connectivity index (χ1n) is 6.43. The van der Waals surface area contributed by atoms with Gasteiger partial charge in [-0.15, -0.1) is 0 Å². The summed E-state index contributed by atoms with van der Waals surface area (Å²) >= 11 is 5.87. The van der Waals surface area contributed by atoms with Crippen LogP contribution in [0.25, 0.3) is 11.0 Å². The Kier molecular flexibility index (Phi) is 3.35. The summed E-state index contributed by atoms with van der Waals surface area (Å²) < 4.78 is 0. The van der Waals surface area contributed by atoms with Gasteiger partial charge in [-0.25, -0.2) is 9.97 Å². The molecule has 3 rings (SSSR count). The highest BCUT2D eigenvalue weighted by atomic mass is 35.5. The molecule has 0 bridgehead atoms. The van der Waals surface area contributed by atoms with Gasteiger partial charge in [0.2, 0.25) is 0 Å². The van der Waals surface area contributed by atoms with Gasteiger partial charge < -0.3 is 10.3 Å². The lowest BCUT2D eigenvalue weighted by Crippen LogP contribution is -2.12. The van der Waals surface area contributed by atoms with E-state index in [2.05, 4.69) is 20.3 Å². The third-order valence-corrected chi connectivity index (χ3v) is 3.24. The summed E-state index contributed by atoms with van der Waals surface area (Å²) in [6.45, 7) is 3.68. The summed E-state index contributed by atoms with van der Waals surface area (Å²) in [6.07, 6.45) is 0. The number of carbonyl (C=O) groups excluding carboxylic acids is 1. The molecule has 1 aromatic carbocycles. The number of H-pyrrole nitrogens is 1. The molecule has 21 heavy (non-hydrogen) atoms. The first-order valence-corrected chi connectivity index (χ1v) is 6.81. The molecule has 0 atom stereocenters. The highest BCUT2D eigenvalue weighted by Gasteiger charge is 2.09. The quantitative estimate of drug-likeness (QED) is 0.712. The van der Waals surface area contributed by atoms with Gasteiger partial charge in [-0.05, 0) is 44.2 Å². The van der Waals surface area contributed by atoms with E-state index >= 15 is 0 Å². The number of amides is 1. The van der Waals surface area contributed by atoms with Crippen LogP contribution in [0.15, 0.2) is 30.3 Å². The molecule has 0 aliphatic carbocycles. The Bertz CT molecular complexity index is 821. The van der Waals surface area contributed by atoms with E-state index in [0.717, 1.165) is 16.9 Å². The summed E-state index contributed by atoms with van der Waals surface area (Å²) in [4.78, 5) is 23.7. The molecule has 2 heterocycles. The second-order valence-electron chi connectivity index (χ2n) is 4.83. The number of nitrogens with zero attached hydrogens (tertiary/aromatic N) is 2. The van der Waals surface area contributed by atoms with Gasteiger partial charge in [-0.1, -0.05) is 11.6 Å². The molecule has 0 saturated heterocycles. The number of aromatic nitrogens is 3. The van der Waals surface area contributed by atoms with Crippen LogP contribution in [0.3, 0.4) is 0 Å². The third kappa shape index (κ3) is 2.87. The van der Waals surface area contributed by atoms with Crippen molar-refractivity contribution in [2.45, 2.75) is 13.8 Å². The molecule has 0 radical (unpaired) electrons. The lowest BCUT2D eigenvalue weighted by atomic mass is 10.2. The number of hydrogen-bond donors (Lipinski definition) is 2. The second-order valence-corrected chi connectivity index (χ2v) is 5.22. The minimum absolute atomic E-state index is 0.224. The number of rotatable bonds is 2. The van der Waals surface area contributed by atoms with Crippen LogP contribution < -0.4 is 5.32 Å². The number of benzene rings is 1. The first kappa shape index (κ1) is 13.6. The molecule has 106 valence electrons. The van der Waals surface area contributed by atoms with Gasteiger partial charge in [0.25, 0.3) is 5.91 Å². The number of halogens is 1. The van der Waals surface area contributed by atoms with Crippen molar-refractivity contribution in [1.29, 1.82) is 0 Å². The Labute approximate surface area is 126 Å². The summed E-state index contributed by atoms with van der Waals surface area (Å²) in [5.74, 6) is 0.614. The minimum Gasteiger partial charge on any atom is -0.342 e. The topological polar surface area (TPSA) is 70.7 Å². The second kappa shape index (κ2) is 5.18. The fourth-order valence-corrected chi connectivity index (χ4v) is 2.43. The van der Waals surface area contributed by atoms with Crippen LogP contribution in [0.2, 0.25) is 5.15 Å². The summed E-state index contributed by atoms with van der Waals surface area (Å²) in [5.41, 5.74) is 3.63. The number of fused-ring (bicyclic) bond motifs is 1. The normalized spacial score (nSPS) is 10.8. The molecular weight excluding hydrogens is 288 g/mol. The molecule has 6 heteroatoms. The molecule has 2 aromatic heterocycles. The maximum Gasteiger partial charge on any atom is 0.255 e. The van der Waals surface area contributed by atoms with E-state index in [4.69, 9.17) is 11.6 Å².